The summed E-state index contributed by atoms with van der Waals surface area (Å²) in [5.41, 5.74) is 0.956. The van der Waals surface area contributed by atoms with Crippen molar-refractivity contribution in [3.63, 3.8) is 0 Å². The van der Waals surface area contributed by atoms with Crippen molar-refractivity contribution in [2.75, 3.05) is 25.0 Å². The normalized spacial score (nSPS) is 16.2. The molecule has 3 heterocycles. The highest BCUT2D eigenvalue weighted by atomic mass is 32.1. The van der Waals surface area contributed by atoms with Gasteiger partial charge in [0.15, 0.2) is 0 Å². The van der Waals surface area contributed by atoms with Gasteiger partial charge in [0.25, 0.3) is 0 Å². The Bertz CT molecular complexity index is 638. The molecule has 0 bridgehead atoms. The zero-order valence-corrected chi connectivity index (χ0v) is 14.1. The number of carbonyl (C=O) groups is 1. The second kappa shape index (κ2) is 7.57. The molecule has 2 aromatic rings. The van der Waals surface area contributed by atoms with Gasteiger partial charge in [0, 0.05) is 17.6 Å². The first kappa shape index (κ1) is 16.0. The van der Waals surface area contributed by atoms with Gasteiger partial charge in [-0.15, -0.1) is 11.3 Å². The van der Waals surface area contributed by atoms with Crippen LogP contribution in [-0.4, -0.2) is 35.5 Å². The molecule has 0 unspecified atom stereocenters. The van der Waals surface area contributed by atoms with Crippen LogP contribution in [0.5, 0.6) is 0 Å². The van der Waals surface area contributed by atoms with E-state index in [-0.39, 0.29) is 12.1 Å². The van der Waals surface area contributed by atoms with Crippen LogP contribution in [0.1, 0.15) is 29.3 Å². The average molecular weight is 330 g/mol. The highest BCUT2D eigenvalue weighted by Crippen LogP contribution is 2.27. The summed E-state index contributed by atoms with van der Waals surface area (Å²) in [7, 11) is 0. The number of hydrogen-bond acceptors (Lipinski definition) is 4. The Balaban J connectivity index is 1.60. The van der Waals surface area contributed by atoms with Crippen molar-refractivity contribution in [3.8, 4) is 0 Å². The van der Waals surface area contributed by atoms with Crippen LogP contribution in [0.15, 0.2) is 35.8 Å². The van der Waals surface area contributed by atoms with E-state index in [1.54, 1.807) is 17.5 Å². The quantitative estimate of drug-likeness (QED) is 0.883. The predicted octanol–water partition coefficient (Wildman–Crippen LogP) is 3.41. The molecular weight excluding hydrogens is 308 g/mol. The number of anilines is 1. The zero-order chi connectivity index (χ0) is 16.1. The molecule has 5 nitrogen and oxygen atoms in total. The van der Waals surface area contributed by atoms with Crippen molar-refractivity contribution in [3.05, 3.63) is 46.3 Å². The van der Waals surface area contributed by atoms with Gasteiger partial charge in [0.2, 0.25) is 0 Å². The number of nitrogens with zero attached hydrogens (tertiary/aromatic N) is 2. The molecule has 2 aromatic heterocycles. The number of amides is 2. The fourth-order valence-electron chi connectivity index (χ4n) is 2.90. The molecule has 122 valence electrons. The van der Waals surface area contributed by atoms with Crippen LogP contribution in [-0.2, 0) is 0 Å². The van der Waals surface area contributed by atoms with E-state index in [1.807, 2.05) is 19.1 Å². The van der Waals surface area contributed by atoms with Crippen LogP contribution in [0, 0.1) is 6.92 Å². The van der Waals surface area contributed by atoms with Gasteiger partial charge in [0.05, 0.1) is 6.04 Å². The number of urea groups is 1. The molecule has 1 atom stereocenters. The van der Waals surface area contributed by atoms with Crippen molar-refractivity contribution in [1.29, 1.82) is 0 Å². The third kappa shape index (κ3) is 4.09. The van der Waals surface area contributed by atoms with Gasteiger partial charge in [0.1, 0.15) is 5.82 Å². The smallest absolute Gasteiger partial charge is 0.320 e. The summed E-state index contributed by atoms with van der Waals surface area (Å²) in [6.45, 7) is 4.75. The summed E-state index contributed by atoms with van der Waals surface area (Å²) >= 11 is 1.75. The van der Waals surface area contributed by atoms with Crippen molar-refractivity contribution >= 4 is 23.2 Å². The fraction of sp³-hybridized carbons (Fsp3) is 0.412. The second-order valence-corrected chi connectivity index (χ2v) is 6.76. The minimum atomic E-state index is -0.201. The molecule has 1 fully saturated rings. The molecule has 2 N–H and O–H groups in total. The van der Waals surface area contributed by atoms with E-state index in [0.29, 0.717) is 12.4 Å². The van der Waals surface area contributed by atoms with E-state index in [2.05, 4.69) is 38.0 Å². The molecule has 0 spiro atoms. The Morgan fingerprint density at radius 2 is 2.17 bits per heavy atom. The van der Waals surface area contributed by atoms with E-state index in [1.165, 1.54) is 17.7 Å². The Morgan fingerprint density at radius 3 is 2.87 bits per heavy atom. The fourth-order valence-corrected chi connectivity index (χ4v) is 3.76. The maximum Gasteiger partial charge on any atom is 0.320 e. The van der Waals surface area contributed by atoms with Crippen molar-refractivity contribution in [1.82, 2.24) is 15.2 Å². The molecule has 1 aliphatic rings. The van der Waals surface area contributed by atoms with Crippen molar-refractivity contribution in [2.45, 2.75) is 25.8 Å². The second-order valence-electron chi connectivity index (χ2n) is 5.78. The van der Waals surface area contributed by atoms with Gasteiger partial charge in [-0.3, -0.25) is 10.2 Å². The lowest BCUT2D eigenvalue weighted by Gasteiger charge is -2.26. The maximum atomic E-state index is 12.2. The molecule has 1 aliphatic heterocycles. The number of hydrogen-bond donors (Lipinski definition) is 2. The van der Waals surface area contributed by atoms with Gasteiger partial charge in [-0.1, -0.05) is 12.1 Å². The summed E-state index contributed by atoms with van der Waals surface area (Å²) in [4.78, 5) is 20.1. The Hall–Kier alpha value is -1.92. The van der Waals surface area contributed by atoms with Crippen LogP contribution >= 0.6 is 11.3 Å². The van der Waals surface area contributed by atoms with E-state index in [9.17, 15) is 4.79 Å². The Labute approximate surface area is 140 Å². The van der Waals surface area contributed by atoms with E-state index < -0.39 is 0 Å². The summed E-state index contributed by atoms with van der Waals surface area (Å²) in [5, 5.41) is 7.92. The molecule has 1 saturated heterocycles. The number of aromatic nitrogens is 1. The monoisotopic (exact) mass is 330 g/mol. The van der Waals surface area contributed by atoms with Crippen LogP contribution in [0.2, 0.25) is 0 Å². The van der Waals surface area contributed by atoms with Gasteiger partial charge in [-0.25, -0.2) is 9.78 Å². The van der Waals surface area contributed by atoms with E-state index in [4.69, 9.17) is 0 Å². The number of nitrogens with one attached hydrogen (secondary N) is 2. The summed E-state index contributed by atoms with van der Waals surface area (Å²) in [5.74, 6) is 0.610. The highest BCUT2D eigenvalue weighted by Gasteiger charge is 2.24. The lowest BCUT2D eigenvalue weighted by atomic mass is 10.2. The standard InChI is InChI=1S/C17H22N4OS/c1-13-6-4-8-18-16(13)20-17(22)19-12-14(15-7-5-11-23-15)21-9-2-3-10-21/h4-8,11,14H,2-3,9-10,12H2,1H3,(H2,18,19,20,22)/t14-/m0/s1. The minimum absolute atomic E-state index is 0.201. The van der Waals surface area contributed by atoms with Crippen LogP contribution < -0.4 is 10.6 Å². The summed E-state index contributed by atoms with van der Waals surface area (Å²) < 4.78 is 0. The number of thiophene rings is 1. The minimum Gasteiger partial charge on any atom is -0.336 e. The van der Waals surface area contributed by atoms with Crippen molar-refractivity contribution in [2.24, 2.45) is 0 Å². The topological polar surface area (TPSA) is 57.3 Å². The molecule has 23 heavy (non-hydrogen) atoms. The molecular formula is C17H22N4OS. The first-order valence-corrected chi connectivity index (χ1v) is 8.86. The van der Waals surface area contributed by atoms with E-state index >= 15 is 0 Å². The van der Waals surface area contributed by atoms with Gasteiger partial charge >= 0.3 is 6.03 Å². The SMILES string of the molecule is Cc1cccnc1NC(=O)NC[C@@H](c1cccs1)N1CCCC1. The first-order chi connectivity index (χ1) is 11.2. The zero-order valence-electron chi connectivity index (χ0n) is 13.3. The molecule has 6 heteroatoms. The number of carbonyl (C=O) groups excluding carboxylic acids is 1. The van der Waals surface area contributed by atoms with Crippen LogP contribution in [0.4, 0.5) is 10.6 Å². The number of pyridine rings is 1. The summed E-state index contributed by atoms with van der Waals surface area (Å²) in [6.07, 6.45) is 4.16. The van der Waals surface area contributed by atoms with Gasteiger partial charge < -0.3 is 5.32 Å². The molecule has 0 aromatic carbocycles. The maximum absolute atomic E-state index is 12.2. The summed E-state index contributed by atoms with van der Waals surface area (Å²) in [6, 6.07) is 8.07. The number of likely N-dealkylation sites (tertiary alicyclic amines) is 1. The molecule has 3 rings (SSSR count). The van der Waals surface area contributed by atoms with Gasteiger partial charge in [-0.2, -0.15) is 0 Å². The van der Waals surface area contributed by atoms with Crippen LogP contribution in [0.3, 0.4) is 0 Å². The number of rotatable bonds is 5. The third-order valence-corrected chi connectivity index (χ3v) is 5.12. The van der Waals surface area contributed by atoms with E-state index in [0.717, 1.165) is 18.7 Å². The Morgan fingerprint density at radius 1 is 1.35 bits per heavy atom. The van der Waals surface area contributed by atoms with Gasteiger partial charge in [-0.05, 0) is 55.9 Å². The third-order valence-electron chi connectivity index (χ3n) is 4.15. The first-order valence-electron chi connectivity index (χ1n) is 7.98. The van der Waals surface area contributed by atoms with Crippen LogP contribution in [0.25, 0.3) is 0 Å². The Kier molecular flexibility index (Phi) is 5.25. The highest BCUT2D eigenvalue weighted by molar-refractivity contribution is 7.10. The largest absolute Gasteiger partial charge is 0.336 e. The lowest BCUT2D eigenvalue weighted by molar-refractivity contribution is 0.229. The molecule has 0 radical (unpaired) electrons. The lowest BCUT2D eigenvalue weighted by Crippen LogP contribution is -2.38. The number of aryl methyl sites for hydroxylation is 1. The molecule has 0 saturated carbocycles. The predicted molar refractivity (Wildman–Crippen MR) is 93.9 cm³/mol. The molecule has 0 aliphatic carbocycles. The average Bonchev–Trinajstić information content (AvgIpc) is 3.23. The molecule has 2 amide bonds. The van der Waals surface area contributed by atoms with Crippen molar-refractivity contribution < 1.29 is 4.79 Å².